The number of carbonyl (C=O) groups is 3. The number of amides is 3. The van der Waals surface area contributed by atoms with Crippen LogP contribution in [0.25, 0.3) is 0 Å². The van der Waals surface area contributed by atoms with Gasteiger partial charge in [-0.2, -0.15) is 0 Å². The van der Waals surface area contributed by atoms with Crippen LogP contribution in [-0.4, -0.2) is 41.2 Å². The number of halogens is 2. The lowest BCUT2D eigenvalue weighted by Gasteiger charge is -2.35. The smallest absolute Gasteiger partial charge is 0.252 e. The Kier molecular flexibility index (Phi) is 7.44. The molecular formula is C21H23F2N5O3S. The topological polar surface area (TPSA) is 125 Å². The molecule has 11 heteroatoms. The second-order valence-corrected chi connectivity index (χ2v) is 8.36. The minimum atomic E-state index is -1.18. The first-order valence-electron chi connectivity index (χ1n) is 9.71. The maximum atomic E-state index is 13.3. The maximum Gasteiger partial charge on any atom is 0.252 e. The number of hydrogen-bond acceptors (Lipinski definition) is 6. The van der Waals surface area contributed by atoms with Crippen molar-refractivity contribution in [1.29, 1.82) is 0 Å². The Morgan fingerprint density at radius 2 is 1.91 bits per heavy atom. The molecule has 0 aliphatic carbocycles. The van der Waals surface area contributed by atoms with Gasteiger partial charge in [-0.1, -0.05) is 12.1 Å². The van der Waals surface area contributed by atoms with E-state index in [0.29, 0.717) is 5.69 Å². The van der Waals surface area contributed by atoms with Gasteiger partial charge in [0.1, 0.15) is 11.5 Å². The Morgan fingerprint density at radius 3 is 2.59 bits per heavy atom. The molecular weight excluding hydrogens is 440 g/mol. The van der Waals surface area contributed by atoms with Gasteiger partial charge >= 0.3 is 0 Å². The summed E-state index contributed by atoms with van der Waals surface area (Å²) >= 11 is 1.12. The average molecular weight is 464 g/mol. The molecule has 0 aromatic heterocycles. The van der Waals surface area contributed by atoms with E-state index in [1.807, 2.05) is 32.0 Å². The van der Waals surface area contributed by atoms with Crippen LogP contribution in [0, 0.1) is 25.5 Å². The van der Waals surface area contributed by atoms with E-state index in [0.717, 1.165) is 41.1 Å². The van der Waals surface area contributed by atoms with Crippen LogP contribution in [0.5, 0.6) is 0 Å². The lowest BCUT2D eigenvalue weighted by atomic mass is 10.1. The number of carbonyl (C=O) groups excluding carboxylic acids is 3. The summed E-state index contributed by atoms with van der Waals surface area (Å²) in [5.41, 5.74) is 7.91. The van der Waals surface area contributed by atoms with Crippen LogP contribution in [0.4, 0.5) is 14.5 Å². The van der Waals surface area contributed by atoms with E-state index in [1.165, 1.54) is 0 Å². The second-order valence-electron chi connectivity index (χ2n) is 7.27. The third-order valence-electron chi connectivity index (χ3n) is 4.99. The van der Waals surface area contributed by atoms with Crippen molar-refractivity contribution in [3.8, 4) is 0 Å². The van der Waals surface area contributed by atoms with Crippen LogP contribution in [-0.2, 0) is 9.59 Å². The molecule has 0 radical (unpaired) electrons. The molecule has 1 aliphatic rings. The van der Waals surface area contributed by atoms with Crippen LogP contribution in [0.15, 0.2) is 36.4 Å². The van der Waals surface area contributed by atoms with E-state index in [9.17, 15) is 23.2 Å². The van der Waals surface area contributed by atoms with Gasteiger partial charge in [0, 0.05) is 11.3 Å². The van der Waals surface area contributed by atoms with Gasteiger partial charge in [-0.05, 0) is 49.2 Å². The normalized spacial score (nSPS) is 20.4. The highest BCUT2D eigenvalue weighted by atomic mass is 32.2. The summed E-state index contributed by atoms with van der Waals surface area (Å²) in [4.78, 5) is 37.0. The van der Waals surface area contributed by atoms with Crippen molar-refractivity contribution in [1.82, 2.24) is 16.0 Å². The fourth-order valence-electron chi connectivity index (χ4n) is 3.03. The maximum absolute atomic E-state index is 13.3. The molecule has 3 rings (SSSR count). The molecule has 1 saturated heterocycles. The molecule has 0 bridgehead atoms. The van der Waals surface area contributed by atoms with Gasteiger partial charge in [0.05, 0.1) is 11.9 Å². The predicted molar refractivity (Wildman–Crippen MR) is 118 cm³/mol. The van der Waals surface area contributed by atoms with Crippen LogP contribution < -0.4 is 27.0 Å². The van der Waals surface area contributed by atoms with Gasteiger partial charge < -0.3 is 21.7 Å². The Bertz CT molecular complexity index is 1050. The Hall–Kier alpha value is -3.02. The second kappa shape index (κ2) is 10.1. The van der Waals surface area contributed by atoms with Gasteiger partial charge in [0.2, 0.25) is 11.8 Å². The van der Waals surface area contributed by atoms with Crippen molar-refractivity contribution in [2.75, 3.05) is 11.1 Å². The van der Waals surface area contributed by atoms with E-state index >= 15 is 0 Å². The minimum Gasteiger partial charge on any atom is -0.338 e. The van der Waals surface area contributed by atoms with Crippen LogP contribution in [0.2, 0.25) is 0 Å². The standard InChI is InChI=1S/C21H23F2N5O3S/c1-10-4-3-5-15(11(10)2)25-16(29)9-32-21-27-18(24)17(20(31)28-21)26-19(30)12-6-7-13(22)14(23)8-12/h3-8,17-18,21,27H,9,24H2,1-2H3,(H,25,29)(H,26,30)(H,28,31). The highest BCUT2D eigenvalue weighted by Gasteiger charge is 2.35. The number of benzene rings is 2. The van der Waals surface area contributed by atoms with Gasteiger partial charge in [-0.25, -0.2) is 8.78 Å². The molecule has 170 valence electrons. The summed E-state index contributed by atoms with van der Waals surface area (Å²) in [6, 6.07) is 7.11. The number of rotatable bonds is 6. The zero-order valence-electron chi connectivity index (χ0n) is 17.4. The number of anilines is 1. The molecule has 1 aliphatic heterocycles. The molecule has 1 heterocycles. The lowest BCUT2D eigenvalue weighted by molar-refractivity contribution is -0.125. The first-order chi connectivity index (χ1) is 15.2. The van der Waals surface area contributed by atoms with Gasteiger partial charge in [0.15, 0.2) is 11.6 Å². The van der Waals surface area contributed by atoms with E-state index < -0.39 is 41.2 Å². The van der Waals surface area contributed by atoms with Crippen molar-refractivity contribution in [2.24, 2.45) is 5.73 Å². The highest BCUT2D eigenvalue weighted by Crippen LogP contribution is 2.19. The average Bonchev–Trinajstić information content (AvgIpc) is 2.74. The van der Waals surface area contributed by atoms with Crippen molar-refractivity contribution >= 4 is 35.2 Å². The van der Waals surface area contributed by atoms with Gasteiger partial charge in [-0.15, -0.1) is 11.8 Å². The third-order valence-corrected chi connectivity index (χ3v) is 6.00. The van der Waals surface area contributed by atoms with Crippen LogP contribution in [0.3, 0.4) is 0 Å². The fourth-order valence-corrected chi connectivity index (χ4v) is 3.88. The van der Waals surface area contributed by atoms with E-state index in [1.54, 1.807) is 0 Å². The highest BCUT2D eigenvalue weighted by molar-refractivity contribution is 8.00. The largest absolute Gasteiger partial charge is 0.338 e. The first-order valence-corrected chi connectivity index (χ1v) is 10.8. The molecule has 32 heavy (non-hydrogen) atoms. The van der Waals surface area contributed by atoms with E-state index in [-0.39, 0.29) is 17.2 Å². The minimum absolute atomic E-state index is 0.0456. The molecule has 6 N–H and O–H groups in total. The molecule has 2 aromatic carbocycles. The lowest BCUT2D eigenvalue weighted by Crippen LogP contribution is -2.70. The third kappa shape index (κ3) is 5.61. The molecule has 8 nitrogen and oxygen atoms in total. The summed E-state index contributed by atoms with van der Waals surface area (Å²) in [6.07, 6.45) is -0.961. The number of thioether (sulfide) groups is 1. The van der Waals surface area contributed by atoms with Gasteiger partial charge in [0.25, 0.3) is 5.91 Å². The molecule has 3 atom stereocenters. The summed E-state index contributed by atoms with van der Waals surface area (Å²) in [5.74, 6) is -3.81. The molecule has 0 saturated carbocycles. The molecule has 1 fully saturated rings. The zero-order chi connectivity index (χ0) is 23.4. The number of hydrogen-bond donors (Lipinski definition) is 5. The fraction of sp³-hybridized carbons (Fsp3) is 0.286. The summed E-state index contributed by atoms with van der Waals surface area (Å²) < 4.78 is 26.4. The Balaban J connectivity index is 1.52. The van der Waals surface area contributed by atoms with E-state index in [4.69, 9.17) is 5.73 Å². The monoisotopic (exact) mass is 463 g/mol. The SMILES string of the molecule is Cc1cccc(NC(=O)CSC2NC(=O)C(NC(=O)c3ccc(F)c(F)c3)C(N)N2)c1C. The molecule has 2 aromatic rings. The molecule has 3 amide bonds. The number of nitrogens with two attached hydrogens (primary N) is 1. The van der Waals surface area contributed by atoms with Crippen molar-refractivity contribution in [3.63, 3.8) is 0 Å². The van der Waals surface area contributed by atoms with E-state index in [2.05, 4.69) is 21.3 Å². The van der Waals surface area contributed by atoms with Crippen molar-refractivity contribution in [2.45, 2.75) is 31.6 Å². The quantitative estimate of drug-likeness (QED) is 0.440. The summed E-state index contributed by atoms with van der Waals surface area (Å²) in [7, 11) is 0. The molecule has 0 spiro atoms. The van der Waals surface area contributed by atoms with Crippen molar-refractivity contribution in [3.05, 3.63) is 64.7 Å². The number of nitrogens with one attached hydrogen (secondary N) is 4. The van der Waals surface area contributed by atoms with Crippen molar-refractivity contribution < 1.29 is 23.2 Å². The Labute approximate surface area is 187 Å². The number of aryl methyl sites for hydroxylation is 1. The van der Waals surface area contributed by atoms with Gasteiger partial charge in [-0.3, -0.25) is 19.7 Å². The summed E-state index contributed by atoms with van der Waals surface area (Å²) in [6.45, 7) is 3.86. The first kappa shape index (κ1) is 23.6. The predicted octanol–water partition coefficient (Wildman–Crippen LogP) is 1.34. The summed E-state index contributed by atoms with van der Waals surface area (Å²) in [5, 5.41) is 10.7. The molecule has 3 unspecified atom stereocenters. The Morgan fingerprint density at radius 1 is 1.16 bits per heavy atom. The zero-order valence-corrected chi connectivity index (χ0v) is 18.2. The van der Waals surface area contributed by atoms with Crippen LogP contribution in [0.1, 0.15) is 21.5 Å². The van der Waals surface area contributed by atoms with Crippen LogP contribution >= 0.6 is 11.8 Å².